The number of nitrogens with zero attached hydrogens (tertiary/aromatic N) is 1. The highest BCUT2D eigenvalue weighted by atomic mass is 32.2. The van der Waals surface area contributed by atoms with Gasteiger partial charge in [0.05, 0.1) is 0 Å². The topological polar surface area (TPSA) is 75.4 Å². The van der Waals surface area contributed by atoms with Crippen LogP contribution in [0.5, 0.6) is 0 Å². The minimum Gasteiger partial charge on any atom is -0.330 e. The summed E-state index contributed by atoms with van der Waals surface area (Å²) in [5.74, 6) is 0.634. The summed E-state index contributed by atoms with van der Waals surface area (Å²) in [4.78, 5) is 0. The molecule has 0 unspecified atom stereocenters. The third-order valence-corrected chi connectivity index (χ3v) is 6.61. The Morgan fingerprint density at radius 2 is 1.80 bits per heavy atom. The van der Waals surface area contributed by atoms with E-state index in [4.69, 9.17) is 5.73 Å². The molecule has 0 bridgehead atoms. The van der Waals surface area contributed by atoms with Crippen molar-refractivity contribution in [1.29, 1.82) is 0 Å². The van der Waals surface area contributed by atoms with E-state index in [1.165, 1.54) is 19.3 Å². The lowest BCUT2D eigenvalue weighted by Gasteiger charge is -2.37. The number of rotatable bonds is 5. The van der Waals surface area contributed by atoms with Gasteiger partial charge in [0.1, 0.15) is 0 Å². The SMILES string of the molecule is CC1CCN(S(=O)(=O)NCC2(CN)CCCCC2)CC1. The molecule has 5 nitrogen and oxygen atoms in total. The number of hydrogen-bond donors (Lipinski definition) is 2. The van der Waals surface area contributed by atoms with Gasteiger partial charge >= 0.3 is 0 Å². The van der Waals surface area contributed by atoms with Crippen molar-refractivity contribution < 1.29 is 8.42 Å². The van der Waals surface area contributed by atoms with Crippen molar-refractivity contribution in [2.45, 2.75) is 51.9 Å². The Hall–Kier alpha value is -0.170. The number of hydrogen-bond acceptors (Lipinski definition) is 3. The van der Waals surface area contributed by atoms with Crippen molar-refractivity contribution >= 4 is 10.2 Å². The van der Waals surface area contributed by atoms with Crippen molar-refractivity contribution in [2.75, 3.05) is 26.2 Å². The average Bonchev–Trinajstić information content (AvgIpc) is 2.47. The molecule has 0 aromatic heterocycles. The van der Waals surface area contributed by atoms with E-state index in [0.717, 1.165) is 25.7 Å². The van der Waals surface area contributed by atoms with Crippen molar-refractivity contribution in [3.63, 3.8) is 0 Å². The summed E-state index contributed by atoms with van der Waals surface area (Å²) in [6.45, 7) is 4.55. The largest absolute Gasteiger partial charge is 0.330 e. The van der Waals surface area contributed by atoms with E-state index in [2.05, 4.69) is 11.6 Å². The molecule has 2 fully saturated rings. The smallest absolute Gasteiger partial charge is 0.279 e. The number of nitrogens with two attached hydrogens (primary N) is 1. The van der Waals surface area contributed by atoms with Crippen LogP contribution in [-0.2, 0) is 10.2 Å². The second-order valence-electron chi connectivity index (χ2n) is 6.67. The van der Waals surface area contributed by atoms with E-state index in [-0.39, 0.29) is 5.41 Å². The van der Waals surface area contributed by atoms with E-state index in [0.29, 0.717) is 32.1 Å². The Balaban J connectivity index is 1.91. The molecule has 1 aliphatic carbocycles. The molecular weight excluding hydrogens is 274 g/mol. The van der Waals surface area contributed by atoms with Crippen molar-refractivity contribution in [3.8, 4) is 0 Å². The van der Waals surface area contributed by atoms with Gasteiger partial charge in [-0.1, -0.05) is 26.2 Å². The van der Waals surface area contributed by atoms with Crippen LogP contribution in [0.25, 0.3) is 0 Å². The van der Waals surface area contributed by atoms with Gasteiger partial charge in [-0.25, -0.2) is 4.72 Å². The van der Waals surface area contributed by atoms with Gasteiger partial charge in [0, 0.05) is 19.6 Å². The molecule has 2 rings (SSSR count). The summed E-state index contributed by atoms with van der Waals surface area (Å²) >= 11 is 0. The monoisotopic (exact) mass is 303 g/mol. The summed E-state index contributed by atoms with van der Waals surface area (Å²) < 4.78 is 29.2. The van der Waals surface area contributed by atoms with Gasteiger partial charge < -0.3 is 5.73 Å². The quantitative estimate of drug-likeness (QED) is 0.807. The van der Waals surface area contributed by atoms with Gasteiger partial charge in [-0.05, 0) is 43.6 Å². The predicted octanol–water partition coefficient (Wildman–Crippen LogP) is 1.46. The van der Waals surface area contributed by atoms with Gasteiger partial charge in [0.2, 0.25) is 0 Å². The van der Waals surface area contributed by atoms with Crippen molar-refractivity contribution in [2.24, 2.45) is 17.1 Å². The van der Waals surface area contributed by atoms with Gasteiger partial charge in [-0.2, -0.15) is 12.7 Å². The molecule has 118 valence electrons. The van der Waals surface area contributed by atoms with Crippen LogP contribution < -0.4 is 10.5 Å². The highest BCUT2D eigenvalue weighted by molar-refractivity contribution is 7.87. The fourth-order valence-electron chi connectivity index (χ4n) is 3.32. The van der Waals surface area contributed by atoms with E-state index >= 15 is 0 Å². The van der Waals surface area contributed by atoms with Crippen LogP contribution in [0.1, 0.15) is 51.9 Å². The van der Waals surface area contributed by atoms with Crippen LogP contribution in [0.15, 0.2) is 0 Å². The Kier molecular flexibility index (Phi) is 5.45. The average molecular weight is 303 g/mol. The molecule has 6 heteroatoms. The predicted molar refractivity (Wildman–Crippen MR) is 81.5 cm³/mol. The molecule has 0 aromatic carbocycles. The van der Waals surface area contributed by atoms with Gasteiger partial charge in [0.15, 0.2) is 0 Å². The second kappa shape index (κ2) is 6.73. The maximum Gasteiger partial charge on any atom is 0.279 e. The molecule has 1 saturated carbocycles. The van der Waals surface area contributed by atoms with Crippen LogP contribution in [0, 0.1) is 11.3 Å². The minimum atomic E-state index is -3.33. The standard InChI is InChI=1S/C14H29N3O2S/c1-13-5-9-17(10-6-13)20(18,19)16-12-14(11-15)7-3-2-4-8-14/h13,16H,2-12,15H2,1H3. The Bertz CT molecular complexity index is 397. The first-order valence-corrected chi connectivity index (χ1v) is 9.36. The minimum absolute atomic E-state index is 0.0194. The fourth-order valence-corrected chi connectivity index (χ4v) is 4.68. The highest BCUT2D eigenvalue weighted by Gasteiger charge is 2.33. The van der Waals surface area contributed by atoms with E-state index < -0.39 is 10.2 Å². The van der Waals surface area contributed by atoms with Crippen LogP contribution in [-0.4, -0.2) is 38.9 Å². The Morgan fingerprint density at radius 3 is 2.35 bits per heavy atom. The van der Waals surface area contributed by atoms with Gasteiger partial charge in [-0.15, -0.1) is 0 Å². The summed E-state index contributed by atoms with van der Waals surface area (Å²) in [6.07, 6.45) is 7.59. The molecule has 20 heavy (non-hydrogen) atoms. The molecule has 1 saturated heterocycles. The van der Waals surface area contributed by atoms with Gasteiger partial charge in [-0.3, -0.25) is 0 Å². The maximum absolute atomic E-state index is 12.4. The van der Waals surface area contributed by atoms with Gasteiger partial charge in [0.25, 0.3) is 10.2 Å². The molecular formula is C14H29N3O2S. The van der Waals surface area contributed by atoms with Crippen LogP contribution in [0.2, 0.25) is 0 Å². The third kappa shape index (κ3) is 3.93. The lowest BCUT2D eigenvalue weighted by Crippen LogP contribution is -2.50. The zero-order valence-electron chi connectivity index (χ0n) is 12.6. The Morgan fingerprint density at radius 1 is 1.20 bits per heavy atom. The summed E-state index contributed by atoms with van der Waals surface area (Å²) in [5, 5.41) is 0. The molecule has 1 aliphatic heterocycles. The first kappa shape index (κ1) is 16.2. The van der Waals surface area contributed by atoms with E-state index in [1.54, 1.807) is 4.31 Å². The molecule has 0 spiro atoms. The number of piperidine rings is 1. The van der Waals surface area contributed by atoms with Crippen LogP contribution in [0.4, 0.5) is 0 Å². The van der Waals surface area contributed by atoms with Crippen molar-refractivity contribution in [3.05, 3.63) is 0 Å². The van der Waals surface area contributed by atoms with Crippen LogP contribution in [0.3, 0.4) is 0 Å². The maximum atomic E-state index is 12.4. The zero-order valence-corrected chi connectivity index (χ0v) is 13.4. The zero-order chi connectivity index (χ0) is 14.6. The Labute approximate surface area is 123 Å². The molecule has 0 atom stereocenters. The first-order chi connectivity index (χ1) is 9.47. The summed E-state index contributed by atoms with van der Waals surface area (Å²) in [6, 6.07) is 0. The van der Waals surface area contributed by atoms with Crippen LogP contribution >= 0.6 is 0 Å². The molecule has 3 N–H and O–H groups in total. The molecule has 0 aromatic rings. The third-order valence-electron chi connectivity index (χ3n) is 5.06. The molecule has 0 radical (unpaired) electrons. The lowest BCUT2D eigenvalue weighted by atomic mass is 9.74. The lowest BCUT2D eigenvalue weighted by molar-refractivity contribution is 0.199. The van der Waals surface area contributed by atoms with E-state index in [9.17, 15) is 8.42 Å². The van der Waals surface area contributed by atoms with Crippen molar-refractivity contribution in [1.82, 2.24) is 9.03 Å². The second-order valence-corrected chi connectivity index (χ2v) is 8.43. The molecule has 1 heterocycles. The first-order valence-electron chi connectivity index (χ1n) is 7.92. The summed E-state index contributed by atoms with van der Waals surface area (Å²) in [5.41, 5.74) is 5.90. The molecule has 2 aliphatic rings. The van der Waals surface area contributed by atoms with E-state index in [1.807, 2.05) is 0 Å². The molecule has 0 amide bonds. The fraction of sp³-hybridized carbons (Fsp3) is 1.00. The summed E-state index contributed by atoms with van der Waals surface area (Å²) in [7, 11) is -3.33. The highest BCUT2D eigenvalue weighted by Crippen LogP contribution is 2.35. The number of nitrogens with one attached hydrogen (secondary N) is 1. The normalized spacial score (nSPS) is 25.7.